The molecule has 14 nitrogen and oxygen atoms in total. The summed E-state index contributed by atoms with van der Waals surface area (Å²) in [5.41, 5.74) is 6.04. The molecule has 0 fully saturated rings. The molecule has 268 valence electrons. The molecule has 0 spiro atoms. The van der Waals surface area contributed by atoms with Crippen molar-refractivity contribution in [2.24, 2.45) is 5.10 Å². The second-order valence-electron chi connectivity index (χ2n) is 11.7. The molecule has 0 radical (unpaired) electrons. The Morgan fingerprint density at radius 3 is 2.33 bits per heavy atom. The number of aromatic nitrogens is 2. The van der Waals surface area contributed by atoms with Crippen molar-refractivity contribution in [2.75, 3.05) is 16.2 Å². The summed E-state index contributed by atoms with van der Waals surface area (Å²) in [6.07, 6.45) is 4.23. The molecule has 1 heterocycles. The van der Waals surface area contributed by atoms with Crippen molar-refractivity contribution in [3.63, 3.8) is 0 Å². The molecule has 1 aromatic heterocycles. The molecule has 0 atom stereocenters. The molecule has 52 heavy (non-hydrogen) atoms. The standard InChI is InChI=1S/C35H31ClN6O8S2/c1-2-3-5-14-30-38-26-17-15-22-19-29(52(48,49)50)32(34(43)31(22)33(26)42(30)41-25-13-9-8-12-24(25)36)40-39-27-20-23(16-18-28(27)51(45,46)47)37-35(44)21-10-6-4-7-11-21/h4,6-13,15-20,39,41H,2-3,5,14H2,1H3,(H,37,44)(H,45,46,47)(H,48,49,50)/b40-32+. The minimum Gasteiger partial charge on any atom is -0.322 e. The monoisotopic (exact) mass is 762 g/mol. The van der Waals surface area contributed by atoms with E-state index >= 15 is 0 Å². The van der Waals surface area contributed by atoms with Gasteiger partial charge in [0, 0.05) is 17.7 Å². The van der Waals surface area contributed by atoms with Gasteiger partial charge >= 0.3 is 0 Å². The summed E-state index contributed by atoms with van der Waals surface area (Å²) < 4.78 is 71.7. The molecule has 0 saturated carbocycles. The van der Waals surface area contributed by atoms with Crippen molar-refractivity contribution in [2.45, 2.75) is 37.5 Å². The minimum absolute atomic E-state index is 0.0156. The largest absolute Gasteiger partial charge is 0.322 e. The molecule has 0 saturated heterocycles. The number of halogens is 1. The molecular formula is C35H31ClN6O8S2. The molecule has 0 unspecified atom stereocenters. The third kappa shape index (κ3) is 7.61. The fraction of sp³-hybridized carbons (Fsp3) is 0.143. The lowest BCUT2D eigenvalue weighted by molar-refractivity contribution is 0.102. The van der Waals surface area contributed by atoms with Crippen molar-refractivity contribution in [1.82, 2.24) is 9.66 Å². The number of imidazole rings is 1. The van der Waals surface area contributed by atoms with Gasteiger partial charge in [0.05, 0.1) is 27.5 Å². The SMILES string of the molecule is CCCCCc1nc2ccc3c(c2n1Nc1ccccc1Cl)C(=O)/C(=N/Nc1cc(NC(=O)c2ccccc2)ccc1S(=O)(=O)O)C(S(=O)(=O)O)=C3. The lowest BCUT2D eigenvalue weighted by Crippen LogP contribution is -2.28. The average Bonchev–Trinajstić information content (AvgIpc) is 3.45. The first-order chi connectivity index (χ1) is 24.8. The van der Waals surface area contributed by atoms with E-state index in [1.165, 1.54) is 12.1 Å². The molecule has 0 bridgehead atoms. The zero-order valence-electron chi connectivity index (χ0n) is 27.4. The van der Waals surface area contributed by atoms with Gasteiger partial charge in [0.1, 0.15) is 21.1 Å². The summed E-state index contributed by atoms with van der Waals surface area (Å²) in [6, 6.07) is 21.5. The zero-order chi connectivity index (χ0) is 37.2. The molecule has 0 aliphatic heterocycles. The number of hydrogen-bond acceptors (Lipinski definition) is 10. The van der Waals surface area contributed by atoms with Crippen LogP contribution in [0.1, 0.15) is 58.3 Å². The van der Waals surface area contributed by atoms with Crippen LogP contribution < -0.4 is 16.2 Å². The van der Waals surface area contributed by atoms with Crippen LogP contribution in [0.5, 0.6) is 0 Å². The van der Waals surface area contributed by atoms with Crippen LogP contribution >= 0.6 is 11.6 Å². The molecule has 1 aliphatic carbocycles. The highest BCUT2D eigenvalue weighted by atomic mass is 35.5. The number of allylic oxidation sites excluding steroid dienone is 1. The van der Waals surface area contributed by atoms with E-state index < -0.39 is 53.1 Å². The van der Waals surface area contributed by atoms with Crippen LogP contribution in [-0.4, -0.2) is 53.0 Å². The van der Waals surface area contributed by atoms with Crippen LogP contribution in [0.3, 0.4) is 0 Å². The number of hydrazone groups is 1. The van der Waals surface area contributed by atoms with E-state index in [0.29, 0.717) is 34.0 Å². The summed E-state index contributed by atoms with van der Waals surface area (Å²) in [7, 11) is -9.99. The minimum atomic E-state index is -5.09. The van der Waals surface area contributed by atoms with Gasteiger partial charge < -0.3 is 5.32 Å². The summed E-state index contributed by atoms with van der Waals surface area (Å²) in [5.74, 6) is -0.918. The molecular weight excluding hydrogens is 732 g/mol. The predicted octanol–water partition coefficient (Wildman–Crippen LogP) is 6.69. The number of Topliss-reactive ketones (excluding diaryl/α,β-unsaturated/α-hetero) is 1. The van der Waals surface area contributed by atoms with Crippen LogP contribution in [0.15, 0.2) is 99.8 Å². The van der Waals surface area contributed by atoms with E-state index in [-0.39, 0.29) is 22.3 Å². The first-order valence-electron chi connectivity index (χ1n) is 15.9. The number of nitrogens with zero attached hydrogens (tertiary/aromatic N) is 3. The number of ketones is 1. The van der Waals surface area contributed by atoms with Crippen LogP contribution in [0.2, 0.25) is 5.02 Å². The molecule has 1 aliphatic rings. The normalized spacial score (nSPS) is 13.9. The number of carbonyl (C=O) groups is 2. The highest BCUT2D eigenvalue weighted by molar-refractivity contribution is 7.91. The first kappa shape index (κ1) is 36.4. The van der Waals surface area contributed by atoms with Crippen molar-refractivity contribution >= 4 is 83.4 Å². The van der Waals surface area contributed by atoms with E-state index in [0.717, 1.165) is 37.5 Å². The van der Waals surface area contributed by atoms with E-state index in [1.807, 2.05) is 0 Å². The smallest absolute Gasteiger partial charge is 0.296 e. The fourth-order valence-electron chi connectivity index (χ4n) is 5.65. The Morgan fingerprint density at radius 1 is 0.904 bits per heavy atom. The highest BCUT2D eigenvalue weighted by Gasteiger charge is 2.36. The second-order valence-corrected chi connectivity index (χ2v) is 14.9. The van der Waals surface area contributed by atoms with Gasteiger partial charge in [0.25, 0.3) is 26.1 Å². The number of aryl methyl sites for hydroxylation is 1. The third-order valence-corrected chi connectivity index (χ3v) is 10.2. The van der Waals surface area contributed by atoms with Gasteiger partial charge in [-0.1, -0.05) is 67.8 Å². The van der Waals surface area contributed by atoms with Crippen molar-refractivity contribution in [3.05, 3.63) is 117 Å². The Balaban J connectivity index is 1.48. The number of anilines is 3. The Hall–Kier alpha value is -5.39. The summed E-state index contributed by atoms with van der Waals surface area (Å²) >= 11 is 6.47. The third-order valence-electron chi connectivity index (χ3n) is 8.11. The Morgan fingerprint density at radius 2 is 1.63 bits per heavy atom. The molecule has 17 heteroatoms. The Bertz CT molecular complexity index is 2520. The van der Waals surface area contributed by atoms with Crippen LogP contribution in [0.4, 0.5) is 17.1 Å². The van der Waals surface area contributed by atoms with Gasteiger partial charge in [-0.3, -0.25) is 29.5 Å². The summed E-state index contributed by atoms with van der Waals surface area (Å²) in [4.78, 5) is 30.4. The van der Waals surface area contributed by atoms with Gasteiger partial charge in [-0.25, -0.2) is 9.66 Å². The maximum absolute atomic E-state index is 14.4. The number of para-hydroxylation sites is 1. The van der Waals surface area contributed by atoms with Gasteiger partial charge in [0.2, 0.25) is 5.78 Å². The molecule has 5 aromatic rings. The number of carbonyl (C=O) groups excluding carboxylic acids is 2. The lowest BCUT2D eigenvalue weighted by Gasteiger charge is -2.20. The number of fused-ring (bicyclic) bond motifs is 3. The van der Waals surface area contributed by atoms with E-state index in [1.54, 1.807) is 65.3 Å². The second kappa shape index (κ2) is 14.7. The molecule has 4 aromatic carbocycles. The van der Waals surface area contributed by atoms with E-state index in [4.69, 9.17) is 16.6 Å². The maximum Gasteiger partial charge on any atom is 0.296 e. The predicted molar refractivity (Wildman–Crippen MR) is 199 cm³/mol. The summed E-state index contributed by atoms with van der Waals surface area (Å²) in [5, 5.41) is 6.97. The summed E-state index contributed by atoms with van der Waals surface area (Å²) in [6.45, 7) is 2.06. The number of benzene rings is 4. The number of unbranched alkanes of at least 4 members (excludes halogenated alkanes) is 2. The Kier molecular flexibility index (Phi) is 10.3. The van der Waals surface area contributed by atoms with Crippen molar-refractivity contribution < 1.29 is 35.5 Å². The molecule has 1 amide bonds. The highest BCUT2D eigenvalue weighted by Crippen LogP contribution is 2.34. The van der Waals surface area contributed by atoms with Crippen LogP contribution in [0, 0.1) is 0 Å². The van der Waals surface area contributed by atoms with Gasteiger partial charge in [-0.2, -0.15) is 21.9 Å². The van der Waals surface area contributed by atoms with Gasteiger partial charge in [-0.05, 0) is 66.6 Å². The number of amides is 1. The molecule has 6 rings (SSSR count). The maximum atomic E-state index is 14.4. The van der Waals surface area contributed by atoms with E-state index in [9.17, 15) is 35.5 Å². The fourth-order valence-corrected chi connectivity index (χ4v) is 7.11. The number of nitrogens with one attached hydrogen (secondary N) is 3. The van der Waals surface area contributed by atoms with Crippen LogP contribution in [-0.2, 0) is 26.7 Å². The number of hydrogen-bond donors (Lipinski definition) is 5. The van der Waals surface area contributed by atoms with Gasteiger partial charge in [0.15, 0.2) is 5.71 Å². The zero-order valence-corrected chi connectivity index (χ0v) is 29.8. The topological polar surface area (TPSA) is 209 Å². The molecule has 5 N–H and O–H groups in total. The number of rotatable bonds is 12. The van der Waals surface area contributed by atoms with Gasteiger partial charge in [-0.15, -0.1) is 0 Å². The van der Waals surface area contributed by atoms with Crippen molar-refractivity contribution in [3.8, 4) is 0 Å². The Labute approximate surface area is 303 Å². The first-order valence-corrected chi connectivity index (χ1v) is 19.1. The van der Waals surface area contributed by atoms with E-state index in [2.05, 4.69) is 28.2 Å². The average molecular weight is 763 g/mol. The quantitative estimate of drug-likeness (QED) is 0.0514. The van der Waals surface area contributed by atoms with Crippen LogP contribution in [0.25, 0.3) is 17.1 Å². The van der Waals surface area contributed by atoms with Crippen molar-refractivity contribution in [1.29, 1.82) is 0 Å². The lowest BCUT2D eigenvalue weighted by atomic mass is 9.93.